The van der Waals surface area contributed by atoms with Crippen LogP contribution in [0.3, 0.4) is 0 Å². The van der Waals surface area contributed by atoms with Crippen LogP contribution < -0.4 is 17.2 Å². The van der Waals surface area contributed by atoms with Crippen LogP contribution in [0.2, 0.25) is 0 Å². The normalized spacial score (nSPS) is 11.4. The third-order valence-corrected chi connectivity index (χ3v) is 4.36. The molecule has 0 spiro atoms. The van der Waals surface area contributed by atoms with E-state index in [0.717, 1.165) is 6.07 Å². The molecule has 0 unspecified atom stereocenters. The molecule has 23 heavy (non-hydrogen) atoms. The molecule has 2 rings (SSSR count). The van der Waals surface area contributed by atoms with Crippen LogP contribution in [0.25, 0.3) is 0 Å². The number of nitrogens with two attached hydrogens (primary N) is 3. The smallest absolute Gasteiger partial charge is 0.296 e. The minimum absolute atomic E-state index is 0.0509. The molecular weight excluding hydrogens is 346 g/mol. The van der Waals surface area contributed by atoms with E-state index >= 15 is 0 Å². The number of hydrogen-bond donors (Lipinski definition) is 5. The minimum atomic E-state index is -4.23. The summed E-state index contributed by atoms with van der Waals surface area (Å²) < 4.78 is 59.4. The summed E-state index contributed by atoms with van der Waals surface area (Å²) in [5.74, 6) is 0. The molecule has 0 aliphatic carbocycles. The van der Waals surface area contributed by atoms with E-state index in [-0.39, 0.29) is 21.2 Å². The van der Waals surface area contributed by atoms with Crippen LogP contribution in [-0.2, 0) is 20.2 Å². The highest BCUT2D eigenvalue weighted by Crippen LogP contribution is 2.20. The molecule has 0 saturated carbocycles. The van der Waals surface area contributed by atoms with E-state index in [2.05, 4.69) is 0 Å². The third-order valence-electron chi connectivity index (χ3n) is 2.51. The molecule has 2 aromatic rings. The molecule has 8 N–H and O–H groups in total. The molecule has 11 heteroatoms. The summed E-state index contributed by atoms with van der Waals surface area (Å²) in [7, 11) is -8.39. The van der Waals surface area contributed by atoms with Crippen molar-refractivity contribution in [3.05, 3.63) is 42.5 Å². The van der Waals surface area contributed by atoms with Crippen molar-refractivity contribution in [3.63, 3.8) is 0 Å². The molecule has 0 bridgehead atoms. The lowest BCUT2D eigenvalue weighted by Gasteiger charge is -2.01. The largest absolute Gasteiger partial charge is 0.399 e. The molecule has 0 atom stereocenters. The van der Waals surface area contributed by atoms with Gasteiger partial charge in [0.05, 0.1) is 11.4 Å². The monoisotopic (exact) mass is 361 g/mol. The van der Waals surface area contributed by atoms with Gasteiger partial charge in [0.1, 0.15) is 9.79 Å². The maximum Gasteiger partial charge on any atom is 0.296 e. The van der Waals surface area contributed by atoms with Gasteiger partial charge < -0.3 is 17.2 Å². The summed E-state index contributed by atoms with van der Waals surface area (Å²) in [5.41, 5.74) is 16.2. The maximum absolute atomic E-state index is 10.6. The van der Waals surface area contributed by atoms with E-state index in [1.165, 1.54) is 30.3 Å². The van der Waals surface area contributed by atoms with Gasteiger partial charge in [-0.1, -0.05) is 12.1 Å². The topological polar surface area (TPSA) is 187 Å². The van der Waals surface area contributed by atoms with Crippen molar-refractivity contribution in [3.8, 4) is 0 Å². The first-order valence-corrected chi connectivity index (χ1v) is 8.75. The molecule has 0 aliphatic heterocycles. The second kappa shape index (κ2) is 6.83. The van der Waals surface area contributed by atoms with Crippen molar-refractivity contribution in [2.24, 2.45) is 0 Å². The van der Waals surface area contributed by atoms with Gasteiger partial charge in [-0.15, -0.1) is 0 Å². The molecule has 0 radical (unpaired) electrons. The van der Waals surface area contributed by atoms with Crippen LogP contribution in [-0.4, -0.2) is 25.9 Å². The highest BCUT2D eigenvalue weighted by Gasteiger charge is 2.13. The number of anilines is 3. The first kappa shape index (κ1) is 18.7. The summed E-state index contributed by atoms with van der Waals surface area (Å²) in [5, 5.41) is 0. The van der Waals surface area contributed by atoms with E-state index in [4.69, 9.17) is 26.3 Å². The SMILES string of the molecule is Nc1ccc(S(=O)(=O)O)c(N)c1.Nc1ccccc1S(=O)(=O)O. The Kier molecular flexibility index (Phi) is 5.56. The summed E-state index contributed by atoms with van der Waals surface area (Å²) >= 11 is 0. The quantitative estimate of drug-likeness (QED) is 0.377. The van der Waals surface area contributed by atoms with Crippen LogP contribution in [0, 0.1) is 0 Å². The zero-order valence-electron chi connectivity index (χ0n) is 11.6. The lowest BCUT2D eigenvalue weighted by atomic mass is 10.3. The summed E-state index contributed by atoms with van der Waals surface area (Å²) in [6, 6.07) is 9.49. The van der Waals surface area contributed by atoms with E-state index in [0.29, 0.717) is 5.69 Å². The highest BCUT2D eigenvalue weighted by molar-refractivity contribution is 7.86. The van der Waals surface area contributed by atoms with Gasteiger partial charge in [0.15, 0.2) is 0 Å². The van der Waals surface area contributed by atoms with Crippen LogP contribution >= 0.6 is 0 Å². The Bertz CT molecular complexity index is 910. The Hall–Kier alpha value is -2.34. The molecule has 126 valence electrons. The zero-order valence-corrected chi connectivity index (χ0v) is 13.3. The Morgan fingerprint density at radius 3 is 1.57 bits per heavy atom. The van der Waals surface area contributed by atoms with Crippen molar-refractivity contribution in [2.75, 3.05) is 17.2 Å². The molecular formula is C12H15N3O6S2. The molecule has 0 fully saturated rings. The fourth-order valence-electron chi connectivity index (χ4n) is 1.52. The Balaban J connectivity index is 0.000000231. The summed E-state index contributed by atoms with van der Waals surface area (Å²) in [6.07, 6.45) is 0. The predicted molar refractivity (Wildman–Crippen MR) is 85.8 cm³/mol. The van der Waals surface area contributed by atoms with Gasteiger partial charge in [0, 0.05) is 5.69 Å². The molecule has 9 nitrogen and oxygen atoms in total. The van der Waals surface area contributed by atoms with Gasteiger partial charge in [-0.25, -0.2) is 0 Å². The fraction of sp³-hybridized carbons (Fsp3) is 0. The maximum atomic E-state index is 10.6. The first-order valence-electron chi connectivity index (χ1n) is 5.87. The van der Waals surface area contributed by atoms with Gasteiger partial charge in [-0.05, 0) is 30.3 Å². The summed E-state index contributed by atoms with van der Waals surface area (Å²) in [4.78, 5) is -0.572. The van der Waals surface area contributed by atoms with E-state index < -0.39 is 20.2 Å². The van der Waals surface area contributed by atoms with Crippen molar-refractivity contribution in [2.45, 2.75) is 9.79 Å². The molecule has 0 saturated heterocycles. The Morgan fingerprint density at radius 1 is 0.696 bits per heavy atom. The van der Waals surface area contributed by atoms with Crippen LogP contribution in [0.1, 0.15) is 0 Å². The highest BCUT2D eigenvalue weighted by atomic mass is 32.2. The van der Waals surface area contributed by atoms with Gasteiger partial charge in [-0.3, -0.25) is 9.11 Å². The number of hydrogen-bond acceptors (Lipinski definition) is 7. The molecule has 0 amide bonds. The van der Waals surface area contributed by atoms with Crippen LogP contribution in [0.5, 0.6) is 0 Å². The number of benzene rings is 2. The second-order valence-corrected chi connectivity index (χ2v) is 7.07. The molecule has 0 heterocycles. The lowest BCUT2D eigenvalue weighted by Crippen LogP contribution is -2.03. The van der Waals surface area contributed by atoms with Gasteiger partial charge in [0.2, 0.25) is 0 Å². The minimum Gasteiger partial charge on any atom is -0.399 e. The predicted octanol–water partition coefficient (Wildman–Crippen LogP) is 0.613. The van der Waals surface area contributed by atoms with Crippen molar-refractivity contribution in [1.29, 1.82) is 0 Å². The van der Waals surface area contributed by atoms with Gasteiger partial charge >= 0.3 is 0 Å². The average Bonchev–Trinajstić information content (AvgIpc) is 2.36. The van der Waals surface area contributed by atoms with E-state index in [1.54, 1.807) is 6.07 Å². The summed E-state index contributed by atoms with van der Waals surface area (Å²) in [6.45, 7) is 0. The van der Waals surface area contributed by atoms with Crippen molar-refractivity contribution < 1.29 is 25.9 Å². The second-order valence-electron chi connectivity index (χ2n) is 4.29. The number of para-hydroxylation sites is 1. The first-order chi connectivity index (χ1) is 10.4. The number of nitrogen functional groups attached to an aromatic ring is 3. The Labute approximate surface area is 133 Å². The molecule has 0 aliphatic rings. The van der Waals surface area contributed by atoms with Gasteiger partial charge in [0.25, 0.3) is 20.2 Å². The fourth-order valence-corrected chi connectivity index (χ4v) is 2.73. The zero-order chi connectivity index (χ0) is 17.8. The average molecular weight is 361 g/mol. The third kappa shape index (κ3) is 5.41. The van der Waals surface area contributed by atoms with Crippen molar-refractivity contribution in [1.82, 2.24) is 0 Å². The van der Waals surface area contributed by atoms with Crippen LogP contribution in [0.4, 0.5) is 17.1 Å². The van der Waals surface area contributed by atoms with Crippen LogP contribution in [0.15, 0.2) is 52.3 Å². The molecule has 2 aromatic carbocycles. The number of rotatable bonds is 2. The lowest BCUT2D eigenvalue weighted by molar-refractivity contribution is 0.481. The van der Waals surface area contributed by atoms with E-state index in [9.17, 15) is 16.8 Å². The Morgan fingerprint density at radius 2 is 1.17 bits per heavy atom. The molecule has 0 aromatic heterocycles. The standard InChI is InChI=1S/C6H8N2O3S.C6H7NO3S/c7-4-1-2-6(5(8)3-4)12(9,10)11;7-5-3-1-2-4-6(5)11(8,9)10/h1-3H,7-8H2,(H,9,10,11);1-4H,7H2,(H,8,9,10). The van der Waals surface area contributed by atoms with Crippen molar-refractivity contribution >= 4 is 37.3 Å². The van der Waals surface area contributed by atoms with Gasteiger partial charge in [-0.2, -0.15) is 16.8 Å². The van der Waals surface area contributed by atoms with E-state index in [1.807, 2.05) is 0 Å².